The third kappa shape index (κ3) is 2.61. The third-order valence-corrected chi connectivity index (χ3v) is 6.98. The Balaban J connectivity index is 1.88. The molecule has 164 valence electrons. The van der Waals surface area contributed by atoms with Gasteiger partial charge in [0.25, 0.3) is 0 Å². The second-order valence-corrected chi connectivity index (χ2v) is 8.82. The molecule has 3 aliphatic carbocycles. The fraction of sp³-hybridized carbons (Fsp3) is 0.476. The number of aromatic hydroxyl groups is 1. The molecule has 0 saturated heterocycles. The zero-order valence-electron chi connectivity index (χ0n) is 17.0. The number of amides is 1. The second-order valence-electron chi connectivity index (χ2n) is 8.82. The summed E-state index contributed by atoms with van der Waals surface area (Å²) in [6.45, 7) is 0. The van der Waals surface area contributed by atoms with Crippen molar-refractivity contribution in [3.05, 3.63) is 23.3 Å². The van der Waals surface area contributed by atoms with Gasteiger partial charge in [-0.3, -0.25) is 28.9 Å². The molecule has 6 N–H and O–H groups in total. The molecule has 0 radical (unpaired) electrons. The minimum atomic E-state index is -2.72. The fourth-order valence-corrected chi connectivity index (χ4v) is 5.63. The molecule has 0 aromatic heterocycles. The van der Waals surface area contributed by atoms with E-state index in [0.717, 1.165) is 0 Å². The number of fused-ring (bicyclic) bond motifs is 3. The van der Waals surface area contributed by atoms with Crippen molar-refractivity contribution in [2.45, 2.75) is 24.5 Å². The summed E-state index contributed by atoms with van der Waals surface area (Å²) in [6.07, 6.45) is 0.158. The summed E-state index contributed by atoms with van der Waals surface area (Å²) in [7, 11) is 3.06. The highest BCUT2D eigenvalue weighted by Crippen LogP contribution is 2.51. The maximum absolute atomic E-state index is 13.5. The Hall–Kier alpha value is -3.11. The fourth-order valence-electron chi connectivity index (χ4n) is 5.63. The number of carbonyl (C=O) groups is 5. The Morgan fingerprint density at radius 3 is 2.39 bits per heavy atom. The zero-order chi connectivity index (χ0) is 23.0. The number of nitrogen functional groups attached to an aromatic ring is 1. The number of benzene rings is 1. The number of ketones is 4. The van der Waals surface area contributed by atoms with Crippen molar-refractivity contribution in [3.8, 4) is 5.75 Å². The van der Waals surface area contributed by atoms with Crippen LogP contribution >= 0.6 is 0 Å². The van der Waals surface area contributed by atoms with E-state index in [1.807, 2.05) is 0 Å². The van der Waals surface area contributed by atoms with Crippen LogP contribution in [0, 0.1) is 23.7 Å². The molecule has 2 fully saturated rings. The largest absolute Gasteiger partial charge is 0.507 e. The van der Waals surface area contributed by atoms with E-state index in [1.54, 1.807) is 0 Å². The smallest absolute Gasteiger partial charge is 0.235 e. The van der Waals surface area contributed by atoms with Crippen molar-refractivity contribution < 1.29 is 34.2 Å². The van der Waals surface area contributed by atoms with Gasteiger partial charge in [-0.2, -0.15) is 0 Å². The number of hydrogen-bond acceptors (Lipinski definition) is 9. The zero-order valence-corrected chi connectivity index (χ0v) is 17.0. The molecule has 4 rings (SSSR count). The first-order valence-corrected chi connectivity index (χ1v) is 9.87. The summed E-state index contributed by atoms with van der Waals surface area (Å²) in [4.78, 5) is 66.1. The van der Waals surface area contributed by atoms with Crippen LogP contribution in [0.1, 0.15) is 22.3 Å². The topological polar surface area (TPSA) is 181 Å². The van der Waals surface area contributed by atoms with Gasteiger partial charge in [0.15, 0.2) is 34.7 Å². The lowest BCUT2D eigenvalue weighted by Crippen LogP contribution is -2.74. The highest BCUT2D eigenvalue weighted by molar-refractivity contribution is 6.32. The summed E-state index contributed by atoms with van der Waals surface area (Å²) in [6, 6.07) is 1.58. The Bertz CT molecular complexity index is 1070. The number of likely N-dealkylation sites (N-methyl/N-ethyl adjacent to an activating group) is 1. The summed E-state index contributed by atoms with van der Waals surface area (Å²) in [5.74, 6) is -10.6. The number of anilines is 1. The molecule has 31 heavy (non-hydrogen) atoms. The quantitative estimate of drug-likeness (QED) is 0.246. The Morgan fingerprint density at radius 1 is 1.16 bits per heavy atom. The van der Waals surface area contributed by atoms with Crippen LogP contribution in [0.5, 0.6) is 5.75 Å². The number of nitrogens with zero attached hydrogens (tertiary/aromatic N) is 1. The number of carbonyl (C=O) groups excluding carboxylic acids is 5. The highest BCUT2D eigenvalue weighted by atomic mass is 16.3. The monoisotopic (exact) mass is 429 g/mol. The molecule has 1 aromatic rings. The molecule has 10 heteroatoms. The van der Waals surface area contributed by atoms with Gasteiger partial charge >= 0.3 is 0 Å². The number of Topliss-reactive ketones (excluding diaryl/α,β-unsaturated/α-hetero) is 4. The Morgan fingerprint density at radius 2 is 1.81 bits per heavy atom. The third-order valence-electron chi connectivity index (χ3n) is 6.98. The van der Waals surface area contributed by atoms with E-state index in [2.05, 4.69) is 0 Å². The maximum atomic E-state index is 13.5. The van der Waals surface area contributed by atoms with E-state index < -0.39 is 64.4 Å². The van der Waals surface area contributed by atoms with Gasteiger partial charge in [-0.05, 0) is 50.6 Å². The Labute approximate surface area is 177 Å². The normalized spacial score (nSPS) is 34.9. The van der Waals surface area contributed by atoms with Gasteiger partial charge in [0, 0.05) is 11.6 Å². The first-order chi connectivity index (χ1) is 14.4. The van der Waals surface area contributed by atoms with Gasteiger partial charge in [0.2, 0.25) is 5.91 Å². The molecule has 0 spiro atoms. The lowest BCUT2D eigenvalue weighted by Gasteiger charge is -2.52. The average Bonchev–Trinajstić information content (AvgIpc) is 2.67. The summed E-state index contributed by atoms with van der Waals surface area (Å²) in [5.41, 5.74) is 9.11. The molecule has 2 saturated carbocycles. The predicted molar refractivity (Wildman–Crippen MR) is 106 cm³/mol. The minimum Gasteiger partial charge on any atom is -0.507 e. The Kier molecular flexibility index (Phi) is 4.56. The van der Waals surface area contributed by atoms with Gasteiger partial charge in [-0.15, -0.1) is 0 Å². The van der Waals surface area contributed by atoms with Gasteiger partial charge in [0.05, 0.1) is 17.5 Å². The lowest BCUT2D eigenvalue weighted by atomic mass is 9.52. The number of primary amides is 1. The number of hydrogen-bond donors (Lipinski definition) is 4. The summed E-state index contributed by atoms with van der Waals surface area (Å²) < 4.78 is 0. The minimum absolute atomic E-state index is 0.00100. The standard InChI is InChI=1S/C21H23N3O7/c1-24(2)15-9-6-7-5-8-10(22)3-4-11(25)13(8)16(26)12(7)18(28)21(9,31)19(29)14(17(15)27)20(23)30/h3-4,7,9,12,14-15,25,31H,5-6,22H2,1-2H3,(H2,23,30)/t7?,9?,12?,14?,15-,21-/m0/s1. The van der Waals surface area contributed by atoms with Crippen molar-refractivity contribution in [1.82, 2.24) is 4.90 Å². The molecule has 0 bridgehead atoms. The van der Waals surface area contributed by atoms with Crippen molar-refractivity contribution in [1.29, 1.82) is 0 Å². The van der Waals surface area contributed by atoms with Gasteiger partial charge in [-0.25, -0.2) is 0 Å². The van der Waals surface area contributed by atoms with Crippen molar-refractivity contribution in [2.24, 2.45) is 29.4 Å². The van der Waals surface area contributed by atoms with Crippen LogP contribution in [0.4, 0.5) is 5.69 Å². The van der Waals surface area contributed by atoms with Crippen molar-refractivity contribution in [3.63, 3.8) is 0 Å². The van der Waals surface area contributed by atoms with E-state index in [4.69, 9.17) is 11.5 Å². The van der Waals surface area contributed by atoms with E-state index in [9.17, 15) is 34.2 Å². The SMILES string of the molecule is CN(C)[C@@H]1C(=O)C(C(N)=O)C(=O)[C@@]2(O)C(=O)C3C(=O)c4c(O)ccc(N)c4CC3CC12. The molecule has 4 unspecified atom stereocenters. The van der Waals surface area contributed by atoms with E-state index in [1.165, 1.54) is 31.1 Å². The summed E-state index contributed by atoms with van der Waals surface area (Å²) in [5, 5.41) is 21.6. The van der Waals surface area contributed by atoms with Crippen molar-refractivity contribution >= 4 is 34.7 Å². The second kappa shape index (κ2) is 6.69. The van der Waals surface area contributed by atoms with E-state index in [0.29, 0.717) is 5.56 Å². The van der Waals surface area contributed by atoms with Crippen LogP contribution in [-0.2, 0) is 25.6 Å². The van der Waals surface area contributed by atoms with Gasteiger partial charge in [-0.1, -0.05) is 0 Å². The van der Waals surface area contributed by atoms with Crippen LogP contribution in [0.15, 0.2) is 12.1 Å². The molecule has 0 heterocycles. The molecular formula is C21H23N3O7. The van der Waals surface area contributed by atoms with Crippen molar-refractivity contribution in [2.75, 3.05) is 19.8 Å². The predicted octanol–water partition coefficient (Wildman–Crippen LogP) is -1.55. The molecule has 6 atom stereocenters. The number of nitrogens with two attached hydrogens (primary N) is 2. The molecule has 0 aliphatic heterocycles. The molecular weight excluding hydrogens is 406 g/mol. The average molecular weight is 429 g/mol. The number of aliphatic hydroxyl groups is 1. The van der Waals surface area contributed by atoms with E-state index in [-0.39, 0.29) is 29.8 Å². The van der Waals surface area contributed by atoms with Crippen LogP contribution in [0.3, 0.4) is 0 Å². The molecule has 10 nitrogen and oxygen atoms in total. The molecule has 1 aromatic carbocycles. The first-order valence-electron chi connectivity index (χ1n) is 9.87. The van der Waals surface area contributed by atoms with Gasteiger partial charge in [0.1, 0.15) is 5.75 Å². The number of phenols is 1. The number of phenolic OH excluding ortho intramolecular Hbond substituents is 1. The highest BCUT2D eigenvalue weighted by Gasteiger charge is 2.69. The molecule has 3 aliphatic rings. The lowest BCUT2D eigenvalue weighted by molar-refractivity contribution is -0.181. The molecule has 1 amide bonds. The van der Waals surface area contributed by atoms with Crippen LogP contribution < -0.4 is 11.5 Å². The van der Waals surface area contributed by atoms with Crippen LogP contribution in [-0.4, -0.2) is 69.9 Å². The maximum Gasteiger partial charge on any atom is 0.235 e. The van der Waals surface area contributed by atoms with Crippen LogP contribution in [0.25, 0.3) is 0 Å². The summed E-state index contributed by atoms with van der Waals surface area (Å²) >= 11 is 0. The van der Waals surface area contributed by atoms with Gasteiger partial charge < -0.3 is 21.7 Å². The van der Waals surface area contributed by atoms with E-state index >= 15 is 0 Å². The van der Waals surface area contributed by atoms with Crippen LogP contribution in [0.2, 0.25) is 0 Å². The first kappa shape index (κ1) is 21.1. The number of rotatable bonds is 2.